The molecule has 2 aromatic rings. The van der Waals surface area contributed by atoms with Crippen molar-refractivity contribution in [2.45, 2.75) is 6.92 Å². The first-order chi connectivity index (χ1) is 9.56. The quantitative estimate of drug-likeness (QED) is 0.529. The molecule has 0 radical (unpaired) electrons. The van der Waals surface area contributed by atoms with Crippen LogP contribution < -0.4 is 4.74 Å². The van der Waals surface area contributed by atoms with Gasteiger partial charge in [0.25, 0.3) is 0 Å². The van der Waals surface area contributed by atoms with Gasteiger partial charge in [-0.2, -0.15) is 0 Å². The average molecular weight is 273 g/mol. The smallest absolute Gasteiger partial charge is 0.343 e. The summed E-state index contributed by atoms with van der Waals surface area (Å²) in [7, 11) is 2.85. The summed E-state index contributed by atoms with van der Waals surface area (Å²) in [6, 6.07) is 8.89. The Morgan fingerprint density at radius 2 is 1.95 bits per heavy atom. The van der Waals surface area contributed by atoms with Crippen molar-refractivity contribution in [1.82, 2.24) is 4.98 Å². The predicted octanol–water partition coefficient (Wildman–Crippen LogP) is 2.71. The van der Waals surface area contributed by atoms with Crippen molar-refractivity contribution >= 4 is 22.4 Å². The molecule has 0 aliphatic carbocycles. The van der Waals surface area contributed by atoms with Crippen molar-refractivity contribution in [3.8, 4) is 5.75 Å². The third-order valence-electron chi connectivity index (χ3n) is 2.90. The molecule has 0 fully saturated rings. The summed E-state index contributed by atoms with van der Waals surface area (Å²) in [5, 5.41) is 10.5. The molecule has 20 heavy (non-hydrogen) atoms. The van der Waals surface area contributed by atoms with E-state index in [1.807, 2.05) is 12.1 Å². The van der Waals surface area contributed by atoms with E-state index in [9.17, 15) is 9.90 Å². The number of nitrogens with zero attached hydrogens (tertiary/aromatic N) is 1. The second-order valence-electron chi connectivity index (χ2n) is 4.21. The number of hydrogen-bond acceptors (Lipinski definition) is 5. The number of ether oxygens (including phenoxy) is 2. The number of esters is 1. The zero-order valence-electron chi connectivity index (χ0n) is 11.5. The first kappa shape index (κ1) is 13.9. The molecule has 0 saturated carbocycles. The minimum Gasteiger partial charge on any atom is -0.512 e. The van der Waals surface area contributed by atoms with Gasteiger partial charge in [-0.3, -0.25) is 0 Å². The Hall–Kier alpha value is -2.56. The molecule has 0 bridgehead atoms. The fourth-order valence-corrected chi connectivity index (χ4v) is 1.91. The monoisotopic (exact) mass is 273 g/mol. The molecule has 5 heteroatoms. The number of hydrogen-bond donors (Lipinski definition) is 1. The number of fused-ring (bicyclic) bond motifs is 1. The molecule has 0 aliphatic rings. The summed E-state index contributed by atoms with van der Waals surface area (Å²) >= 11 is 0. The highest BCUT2D eigenvalue weighted by Gasteiger charge is 2.17. The van der Waals surface area contributed by atoms with E-state index in [0.29, 0.717) is 11.2 Å². The molecule has 1 N–H and O–H groups in total. The van der Waals surface area contributed by atoms with Gasteiger partial charge in [0.05, 0.1) is 25.4 Å². The molecule has 1 aromatic carbocycles. The number of carbonyl (C=O) groups is 1. The zero-order chi connectivity index (χ0) is 14.7. The lowest BCUT2D eigenvalue weighted by atomic mass is 10.1. The number of allylic oxidation sites excluding steroid dienone is 1. The number of carbonyl (C=O) groups excluding carboxylic acids is 1. The number of aliphatic hydroxyl groups is 1. The molecule has 0 saturated heterocycles. The van der Waals surface area contributed by atoms with Crippen LogP contribution in [0.1, 0.15) is 12.6 Å². The predicted molar refractivity (Wildman–Crippen MR) is 75.5 cm³/mol. The van der Waals surface area contributed by atoms with Gasteiger partial charge in [-0.05, 0) is 31.2 Å². The molecule has 0 aliphatic heterocycles. The maximum Gasteiger partial charge on any atom is 0.343 e. The van der Waals surface area contributed by atoms with Crippen LogP contribution in [0.25, 0.3) is 16.5 Å². The number of pyridine rings is 1. The van der Waals surface area contributed by atoms with E-state index in [2.05, 4.69) is 9.72 Å². The van der Waals surface area contributed by atoms with Crippen LogP contribution in [-0.4, -0.2) is 30.3 Å². The number of benzene rings is 1. The van der Waals surface area contributed by atoms with Gasteiger partial charge >= 0.3 is 5.97 Å². The summed E-state index contributed by atoms with van der Waals surface area (Å²) in [4.78, 5) is 16.1. The molecule has 0 spiro atoms. The van der Waals surface area contributed by atoms with Crippen LogP contribution in [0, 0.1) is 0 Å². The number of aliphatic hydroxyl groups excluding tert-OH is 1. The van der Waals surface area contributed by atoms with E-state index < -0.39 is 5.97 Å². The van der Waals surface area contributed by atoms with Gasteiger partial charge in [0.15, 0.2) is 0 Å². The van der Waals surface area contributed by atoms with Gasteiger partial charge in [-0.1, -0.05) is 6.07 Å². The van der Waals surface area contributed by atoms with Gasteiger partial charge < -0.3 is 14.6 Å². The van der Waals surface area contributed by atoms with Crippen molar-refractivity contribution < 1.29 is 19.4 Å². The van der Waals surface area contributed by atoms with Crippen LogP contribution in [0.5, 0.6) is 5.75 Å². The van der Waals surface area contributed by atoms with Gasteiger partial charge in [0, 0.05) is 5.39 Å². The largest absolute Gasteiger partial charge is 0.512 e. The fourth-order valence-electron chi connectivity index (χ4n) is 1.91. The van der Waals surface area contributed by atoms with Crippen LogP contribution in [-0.2, 0) is 9.53 Å². The minimum absolute atomic E-state index is 0.0604. The zero-order valence-corrected chi connectivity index (χ0v) is 11.5. The van der Waals surface area contributed by atoms with Gasteiger partial charge in [-0.15, -0.1) is 0 Å². The van der Waals surface area contributed by atoms with E-state index in [4.69, 9.17) is 4.74 Å². The summed E-state index contributed by atoms with van der Waals surface area (Å²) in [6.07, 6.45) is 0. The molecule has 1 aromatic heterocycles. The molecule has 1 heterocycles. The van der Waals surface area contributed by atoms with Gasteiger partial charge in [0.1, 0.15) is 17.1 Å². The second-order valence-corrected chi connectivity index (χ2v) is 4.21. The van der Waals surface area contributed by atoms with E-state index in [0.717, 1.165) is 11.1 Å². The lowest BCUT2D eigenvalue weighted by Crippen LogP contribution is -2.07. The van der Waals surface area contributed by atoms with E-state index >= 15 is 0 Å². The second kappa shape index (κ2) is 5.61. The molecular weight excluding hydrogens is 258 g/mol. The van der Waals surface area contributed by atoms with Crippen molar-refractivity contribution in [3.05, 3.63) is 41.8 Å². The van der Waals surface area contributed by atoms with Crippen molar-refractivity contribution in [2.24, 2.45) is 0 Å². The van der Waals surface area contributed by atoms with Crippen LogP contribution in [0.2, 0.25) is 0 Å². The van der Waals surface area contributed by atoms with Crippen LogP contribution in [0.15, 0.2) is 36.1 Å². The van der Waals surface area contributed by atoms with Crippen molar-refractivity contribution in [3.63, 3.8) is 0 Å². The highest BCUT2D eigenvalue weighted by molar-refractivity contribution is 6.16. The van der Waals surface area contributed by atoms with Gasteiger partial charge in [-0.25, -0.2) is 9.78 Å². The Labute approximate surface area is 116 Å². The molecule has 0 unspecified atom stereocenters. The maximum atomic E-state index is 11.7. The highest BCUT2D eigenvalue weighted by atomic mass is 16.5. The van der Waals surface area contributed by atoms with Gasteiger partial charge in [0.2, 0.25) is 0 Å². The van der Waals surface area contributed by atoms with Crippen LogP contribution >= 0.6 is 0 Å². The van der Waals surface area contributed by atoms with E-state index in [-0.39, 0.29) is 11.3 Å². The van der Waals surface area contributed by atoms with Crippen molar-refractivity contribution in [1.29, 1.82) is 0 Å². The van der Waals surface area contributed by atoms with E-state index in [1.54, 1.807) is 25.3 Å². The molecule has 0 amide bonds. The third-order valence-corrected chi connectivity index (χ3v) is 2.90. The van der Waals surface area contributed by atoms with Crippen LogP contribution in [0.4, 0.5) is 0 Å². The molecule has 2 rings (SSSR count). The Morgan fingerprint density at radius 1 is 1.20 bits per heavy atom. The number of rotatable bonds is 3. The highest BCUT2D eigenvalue weighted by Crippen LogP contribution is 2.23. The fraction of sp³-hybridized carbons (Fsp3) is 0.200. The Bertz CT molecular complexity index is 687. The summed E-state index contributed by atoms with van der Waals surface area (Å²) < 4.78 is 9.80. The Balaban J connectivity index is 2.56. The molecule has 104 valence electrons. The minimum atomic E-state index is -0.620. The van der Waals surface area contributed by atoms with E-state index in [1.165, 1.54) is 14.0 Å². The molecule has 0 atom stereocenters. The standard InChI is InChI=1S/C15H15NO4/c1-9(17)14(15(18)20-3)13-6-4-10-8-11(19-2)5-7-12(10)16-13/h4-8,17H,1-3H3/b14-9-. The molecular formula is C15H15NO4. The summed E-state index contributed by atoms with van der Waals surface area (Å²) in [6.45, 7) is 1.42. The average Bonchev–Trinajstić information content (AvgIpc) is 2.46. The normalized spacial score (nSPS) is 11.9. The SMILES string of the molecule is COC(=O)/C(=C(/C)O)c1ccc2cc(OC)ccc2n1. The summed E-state index contributed by atoms with van der Waals surface area (Å²) in [5.74, 6) is -0.0169. The lowest BCUT2D eigenvalue weighted by Gasteiger charge is -2.08. The van der Waals surface area contributed by atoms with Crippen molar-refractivity contribution in [2.75, 3.05) is 14.2 Å². The Morgan fingerprint density at radius 3 is 2.55 bits per heavy atom. The number of methoxy groups -OCH3 is 2. The first-order valence-electron chi connectivity index (χ1n) is 6.00. The topological polar surface area (TPSA) is 68.7 Å². The Kier molecular flexibility index (Phi) is 3.89. The first-order valence-corrected chi connectivity index (χ1v) is 6.00. The van der Waals surface area contributed by atoms with Crippen LogP contribution in [0.3, 0.4) is 0 Å². The third kappa shape index (κ3) is 2.56. The lowest BCUT2D eigenvalue weighted by molar-refractivity contribution is -0.133. The molecule has 5 nitrogen and oxygen atoms in total. The number of aromatic nitrogens is 1. The maximum absolute atomic E-state index is 11.7. The summed E-state index contributed by atoms with van der Waals surface area (Å²) in [5.41, 5.74) is 1.13.